The van der Waals surface area contributed by atoms with E-state index in [1.54, 1.807) is 17.4 Å². The molecule has 2 heterocycles. The second kappa shape index (κ2) is 11.5. The molecule has 0 radical (unpaired) electrons. The first-order chi connectivity index (χ1) is 12.4. The molecular weight excluding hydrogens is 499 g/mol. The molecule has 0 fully saturated rings. The first-order valence-electron chi connectivity index (χ1n) is 8.27. The highest BCUT2D eigenvalue weighted by Gasteiger charge is 2.12. The van der Waals surface area contributed by atoms with Crippen molar-refractivity contribution in [1.29, 1.82) is 0 Å². The van der Waals surface area contributed by atoms with Gasteiger partial charge in [-0.1, -0.05) is 0 Å². The Hall–Kier alpha value is -1.31. The van der Waals surface area contributed by atoms with Crippen molar-refractivity contribution in [3.63, 3.8) is 0 Å². The summed E-state index contributed by atoms with van der Waals surface area (Å²) in [6.45, 7) is 7.83. The number of hydrogen-bond acceptors (Lipinski definition) is 6. The minimum atomic E-state index is -3.55. The molecule has 0 amide bonds. The van der Waals surface area contributed by atoms with Crippen LogP contribution >= 0.6 is 35.3 Å². The molecule has 0 aliphatic heterocycles. The highest BCUT2D eigenvalue weighted by Crippen LogP contribution is 2.16. The Morgan fingerprint density at radius 2 is 2.04 bits per heavy atom. The minimum absolute atomic E-state index is 0. The van der Waals surface area contributed by atoms with Crippen molar-refractivity contribution in [2.75, 3.05) is 19.6 Å². The smallest absolute Gasteiger partial charge is 0.242 e. The lowest BCUT2D eigenvalue weighted by Crippen LogP contribution is -2.41. The van der Waals surface area contributed by atoms with Gasteiger partial charge in [0.15, 0.2) is 5.96 Å². The lowest BCUT2D eigenvalue weighted by atomic mass is 10.4. The van der Waals surface area contributed by atoms with Crippen LogP contribution in [-0.2, 0) is 16.6 Å². The molecule has 150 valence electrons. The SMILES string of the molecule is CCNC(=NCc1nc(C)c(C)s1)NCCNS(=O)(=O)c1cccnc1.I. The van der Waals surface area contributed by atoms with Gasteiger partial charge in [0.25, 0.3) is 0 Å². The van der Waals surface area contributed by atoms with E-state index < -0.39 is 10.0 Å². The quantitative estimate of drug-likeness (QED) is 0.211. The molecule has 0 spiro atoms. The monoisotopic (exact) mass is 524 g/mol. The number of hydrogen-bond donors (Lipinski definition) is 3. The van der Waals surface area contributed by atoms with Gasteiger partial charge in [-0.3, -0.25) is 4.98 Å². The number of pyridine rings is 1. The van der Waals surface area contributed by atoms with Crippen molar-refractivity contribution in [3.05, 3.63) is 40.1 Å². The fourth-order valence-corrected chi connectivity index (χ4v) is 3.90. The summed E-state index contributed by atoms with van der Waals surface area (Å²) in [6.07, 6.45) is 2.85. The number of rotatable bonds is 8. The third kappa shape index (κ3) is 7.68. The Balaban J connectivity index is 0.00000364. The topological polar surface area (TPSA) is 108 Å². The molecule has 0 saturated carbocycles. The predicted molar refractivity (Wildman–Crippen MR) is 119 cm³/mol. The molecule has 0 unspecified atom stereocenters. The van der Waals surface area contributed by atoms with Crippen LogP contribution in [0.5, 0.6) is 0 Å². The van der Waals surface area contributed by atoms with E-state index in [2.05, 4.69) is 30.3 Å². The zero-order valence-electron chi connectivity index (χ0n) is 15.5. The molecule has 0 bridgehead atoms. The van der Waals surface area contributed by atoms with E-state index in [4.69, 9.17) is 0 Å². The van der Waals surface area contributed by atoms with Gasteiger partial charge in [-0.15, -0.1) is 35.3 Å². The van der Waals surface area contributed by atoms with Gasteiger partial charge in [0.2, 0.25) is 10.0 Å². The Morgan fingerprint density at radius 1 is 1.26 bits per heavy atom. The van der Waals surface area contributed by atoms with E-state index in [1.165, 1.54) is 23.3 Å². The van der Waals surface area contributed by atoms with E-state index in [0.717, 1.165) is 10.7 Å². The van der Waals surface area contributed by atoms with Crippen LogP contribution in [0.4, 0.5) is 0 Å². The van der Waals surface area contributed by atoms with Gasteiger partial charge in [0.05, 0.1) is 12.2 Å². The van der Waals surface area contributed by atoms with Gasteiger partial charge in [-0.25, -0.2) is 23.1 Å². The van der Waals surface area contributed by atoms with Gasteiger partial charge in [0.1, 0.15) is 9.90 Å². The maximum atomic E-state index is 12.1. The second-order valence-electron chi connectivity index (χ2n) is 5.46. The second-order valence-corrected chi connectivity index (χ2v) is 8.51. The predicted octanol–water partition coefficient (Wildman–Crippen LogP) is 1.81. The lowest BCUT2D eigenvalue weighted by Gasteiger charge is -2.11. The molecule has 27 heavy (non-hydrogen) atoms. The Kier molecular flexibility index (Phi) is 10.1. The van der Waals surface area contributed by atoms with Gasteiger partial charge in [-0.05, 0) is 32.9 Å². The highest BCUT2D eigenvalue weighted by atomic mass is 127. The van der Waals surface area contributed by atoms with Crippen molar-refractivity contribution in [3.8, 4) is 0 Å². The van der Waals surface area contributed by atoms with Crippen molar-refractivity contribution in [1.82, 2.24) is 25.3 Å². The molecule has 3 N–H and O–H groups in total. The molecule has 0 atom stereocenters. The van der Waals surface area contributed by atoms with Gasteiger partial charge >= 0.3 is 0 Å². The summed E-state index contributed by atoms with van der Waals surface area (Å²) in [6, 6.07) is 3.09. The maximum absolute atomic E-state index is 12.1. The number of aryl methyl sites for hydroxylation is 2. The van der Waals surface area contributed by atoms with Crippen LogP contribution in [0.25, 0.3) is 0 Å². The number of halogens is 1. The average molecular weight is 524 g/mol. The number of sulfonamides is 1. The molecule has 0 aliphatic rings. The van der Waals surface area contributed by atoms with Crippen molar-refractivity contribution in [2.24, 2.45) is 4.99 Å². The molecule has 0 aromatic carbocycles. The summed E-state index contributed by atoms with van der Waals surface area (Å²) in [5.41, 5.74) is 1.03. The fraction of sp³-hybridized carbons (Fsp3) is 0.438. The van der Waals surface area contributed by atoms with Crippen LogP contribution in [0, 0.1) is 13.8 Å². The third-order valence-electron chi connectivity index (χ3n) is 3.44. The highest BCUT2D eigenvalue weighted by molar-refractivity contribution is 14.0. The van der Waals surface area contributed by atoms with Crippen molar-refractivity contribution < 1.29 is 8.42 Å². The summed E-state index contributed by atoms with van der Waals surface area (Å²) >= 11 is 1.63. The Bertz CT molecular complexity index is 820. The Labute approximate surface area is 181 Å². The number of nitrogens with one attached hydrogen (secondary N) is 3. The lowest BCUT2D eigenvalue weighted by molar-refractivity contribution is 0.580. The third-order valence-corrected chi connectivity index (χ3v) is 5.95. The zero-order valence-corrected chi connectivity index (χ0v) is 19.5. The van der Waals surface area contributed by atoms with E-state index in [1.807, 2.05) is 20.8 Å². The van der Waals surface area contributed by atoms with E-state index in [-0.39, 0.29) is 35.4 Å². The summed E-state index contributed by atoms with van der Waals surface area (Å²) in [7, 11) is -3.55. The molecule has 0 aliphatic carbocycles. The standard InChI is InChI=1S/C16H24N6O2S2.HI/c1-4-18-16(20-11-15-22-12(2)13(3)25-15)19-8-9-21-26(23,24)14-6-5-7-17-10-14;/h5-7,10,21H,4,8-9,11H2,1-3H3,(H2,18,19,20);1H. The van der Waals surface area contributed by atoms with E-state index >= 15 is 0 Å². The van der Waals surface area contributed by atoms with Crippen molar-refractivity contribution in [2.45, 2.75) is 32.2 Å². The first kappa shape index (κ1) is 23.7. The zero-order chi connectivity index (χ0) is 19.0. The van der Waals surface area contributed by atoms with Crippen LogP contribution in [0.1, 0.15) is 22.5 Å². The molecule has 2 aromatic rings. The number of guanidine groups is 1. The van der Waals surface area contributed by atoms with Gasteiger partial charge in [-0.2, -0.15) is 0 Å². The minimum Gasteiger partial charge on any atom is -0.357 e. The summed E-state index contributed by atoms with van der Waals surface area (Å²) in [5.74, 6) is 0.624. The van der Waals surface area contributed by atoms with Gasteiger partial charge in [0, 0.05) is 36.9 Å². The maximum Gasteiger partial charge on any atom is 0.242 e. The summed E-state index contributed by atoms with van der Waals surface area (Å²) in [4.78, 5) is 14.1. The molecule has 11 heteroatoms. The summed E-state index contributed by atoms with van der Waals surface area (Å²) < 4.78 is 26.8. The van der Waals surface area contributed by atoms with Crippen molar-refractivity contribution >= 4 is 51.3 Å². The normalized spacial score (nSPS) is 11.7. The number of nitrogens with zero attached hydrogens (tertiary/aromatic N) is 3. The summed E-state index contributed by atoms with van der Waals surface area (Å²) in [5, 5.41) is 7.19. The van der Waals surface area contributed by atoms with E-state index in [9.17, 15) is 8.42 Å². The first-order valence-corrected chi connectivity index (χ1v) is 10.6. The number of thiazole rings is 1. The van der Waals surface area contributed by atoms with E-state index in [0.29, 0.717) is 25.6 Å². The van der Waals surface area contributed by atoms with Crippen LogP contribution in [-0.4, -0.2) is 44.0 Å². The fourth-order valence-electron chi connectivity index (χ4n) is 2.05. The number of aromatic nitrogens is 2. The number of aliphatic imine (C=N–C) groups is 1. The largest absolute Gasteiger partial charge is 0.357 e. The molecule has 0 saturated heterocycles. The molecule has 8 nitrogen and oxygen atoms in total. The van der Waals surface area contributed by atoms with Gasteiger partial charge < -0.3 is 10.6 Å². The Morgan fingerprint density at radius 3 is 2.63 bits per heavy atom. The molecular formula is C16H25IN6O2S2. The van der Waals surface area contributed by atoms with Crippen LogP contribution in [0.3, 0.4) is 0 Å². The average Bonchev–Trinajstić information content (AvgIpc) is 2.95. The molecule has 2 rings (SSSR count). The van der Waals surface area contributed by atoms with Crippen LogP contribution in [0.15, 0.2) is 34.4 Å². The van der Waals surface area contributed by atoms with Crippen LogP contribution in [0.2, 0.25) is 0 Å². The van der Waals surface area contributed by atoms with Crippen LogP contribution < -0.4 is 15.4 Å². The molecule has 2 aromatic heterocycles.